The Hall–Kier alpha value is -3.09. The van der Waals surface area contributed by atoms with Crippen molar-refractivity contribution < 1.29 is 18.8 Å². The number of hydrogen-bond acceptors (Lipinski definition) is 4. The minimum absolute atomic E-state index is 0.0442. The van der Waals surface area contributed by atoms with Crippen molar-refractivity contribution in [3.05, 3.63) is 59.5 Å². The van der Waals surface area contributed by atoms with Crippen LogP contribution in [0.15, 0.2) is 47.1 Å². The standard InChI is InChI=1S/C21H23N3O4/c1-15-17(8-12-28-15)20(26)22-9-7-18-21(27)23(13-16-5-3-2-4-6-16)14-19(25)24(18)11-10-22/h2-6,8,12,18H,7,9-11,13-14H2,1H3. The Morgan fingerprint density at radius 3 is 2.61 bits per heavy atom. The van der Waals surface area contributed by atoms with Gasteiger partial charge in [0.25, 0.3) is 5.91 Å². The molecule has 0 saturated carbocycles. The fraction of sp³-hybridized carbons (Fsp3) is 0.381. The number of amides is 3. The molecule has 1 aromatic heterocycles. The van der Waals surface area contributed by atoms with Gasteiger partial charge in [0.15, 0.2) is 0 Å². The van der Waals surface area contributed by atoms with Gasteiger partial charge in [-0.25, -0.2) is 0 Å². The van der Waals surface area contributed by atoms with Crippen LogP contribution in [0.1, 0.15) is 28.1 Å². The van der Waals surface area contributed by atoms with Gasteiger partial charge < -0.3 is 19.1 Å². The van der Waals surface area contributed by atoms with Gasteiger partial charge in [0.2, 0.25) is 11.8 Å². The van der Waals surface area contributed by atoms with Crippen molar-refractivity contribution in [2.75, 3.05) is 26.2 Å². The molecule has 28 heavy (non-hydrogen) atoms. The summed E-state index contributed by atoms with van der Waals surface area (Å²) in [6.45, 7) is 3.48. The number of carbonyl (C=O) groups excluding carboxylic acids is 3. The van der Waals surface area contributed by atoms with Crippen LogP contribution in [0.2, 0.25) is 0 Å². The summed E-state index contributed by atoms with van der Waals surface area (Å²) in [6.07, 6.45) is 1.94. The smallest absolute Gasteiger partial charge is 0.257 e. The van der Waals surface area contributed by atoms with Crippen LogP contribution in [-0.2, 0) is 16.1 Å². The molecule has 2 aliphatic rings. The van der Waals surface area contributed by atoms with E-state index >= 15 is 0 Å². The number of rotatable bonds is 3. The maximum atomic E-state index is 13.0. The summed E-state index contributed by atoms with van der Waals surface area (Å²) in [5.41, 5.74) is 1.53. The molecule has 7 nitrogen and oxygen atoms in total. The predicted molar refractivity (Wildman–Crippen MR) is 101 cm³/mol. The number of piperazine rings is 1. The van der Waals surface area contributed by atoms with Crippen molar-refractivity contribution in [3.8, 4) is 0 Å². The van der Waals surface area contributed by atoms with Gasteiger partial charge in [-0.05, 0) is 25.0 Å². The number of fused-ring (bicyclic) bond motifs is 1. The van der Waals surface area contributed by atoms with Gasteiger partial charge in [0.05, 0.1) is 11.8 Å². The highest BCUT2D eigenvalue weighted by atomic mass is 16.3. The largest absolute Gasteiger partial charge is 0.469 e. The number of carbonyl (C=O) groups is 3. The average Bonchev–Trinajstić information content (AvgIpc) is 2.99. The van der Waals surface area contributed by atoms with Crippen molar-refractivity contribution in [2.24, 2.45) is 0 Å². The number of nitrogens with zero attached hydrogens (tertiary/aromatic N) is 3. The molecular formula is C21H23N3O4. The minimum atomic E-state index is -0.506. The maximum Gasteiger partial charge on any atom is 0.257 e. The van der Waals surface area contributed by atoms with Gasteiger partial charge in [-0.3, -0.25) is 14.4 Å². The Bertz CT molecular complexity index is 892. The first kappa shape index (κ1) is 18.3. The first-order chi connectivity index (χ1) is 13.5. The molecule has 2 aliphatic heterocycles. The molecule has 1 atom stereocenters. The second-order valence-electron chi connectivity index (χ2n) is 7.25. The lowest BCUT2D eigenvalue weighted by Crippen LogP contribution is -2.59. The van der Waals surface area contributed by atoms with Crippen LogP contribution in [0.4, 0.5) is 0 Å². The topological polar surface area (TPSA) is 74.1 Å². The van der Waals surface area contributed by atoms with Crippen molar-refractivity contribution in [1.82, 2.24) is 14.7 Å². The third kappa shape index (κ3) is 3.40. The molecule has 3 heterocycles. The lowest BCUT2D eigenvalue weighted by atomic mass is 10.1. The van der Waals surface area contributed by atoms with Crippen molar-refractivity contribution in [2.45, 2.75) is 25.9 Å². The van der Waals surface area contributed by atoms with Crippen LogP contribution < -0.4 is 0 Å². The van der Waals surface area contributed by atoms with Crippen LogP contribution in [0, 0.1) is 6.92 Å². The summed E-state index contributed by atoms with van der Waals surface area (Å²) < 4.78 is 5.23. The fourth-order valence-electron chi connectivity index (χ4n) is 3.95. The molecule has 2 aromatic rings. The summed E-state index contributed by atoms with van der Waals surface area (Å²) >= 11 is 0. The van der Waals surface area contributed by atoms with Gasteiger partial charge in [-0.1, -0.05) is 30.3 Å². The van der Waals surface area contributed by atoms with Crippen LogP contribution in [0.5, 0.6) is 0 Å². The SMILES string of the molecule is Cc1occc1C(=O)N1CCC2C(=O)N(Cc3ccccc3)CC(=O)N2CC1. The Kier molecular flexibility index (Phi) is 4.90. The lowest BCUT2D eigenvalue weighted by molar-refractivity contribution is -0.156. The van der Waals surface area contributed by atoms with Crippen LogP contribution in [-0.4, -0.2) is 64.6 Å². The summed E-state index contributed by atoms with van der Waals surface area (Å²) in [5.74, 6) is 0.354. The molecule has 146 valence electrons. The van der Waals surface area contributed by atoms with Gasteiger partial charge >= 0.3 is 0 Å². The highest BCUT2D eigenvalue weighted by Crippen LogP contribution is 2.22. The summed E-state index contributed by atoms with van der Waals surface area (Å²) in [5, 5.41) is 0. The Morgan fingerprint density at radius 1 is 1.11 bits per heavy atom. The van der Waals surface area contributed by atoms with E-state index in [0.717, 1.165) is 5.56 Å². The third-order valence-corrected chi connectivity index (χ3v) is 5.50. The molecule has 0 N–H and O–H groups in total. The first-order valence-corrected chi connectivity index (χ1v) is 9.50. The van der Waals surface area contributed by atoms with E-state index in [1.54, 1.807) is 27.7 Å². The summed E-state index contributed by atoms with van der Waals surface area (Å²) in [7, 11) is 0. The van der Waals surface area contributed by atoms with E-state index in [-0.39, 0.29) is 24.3 Å². The highest BCUT2D eigenvalue weighted by Gasteiger charge is 2.41. The first-order valence-electron chi connectivity index (χ1n) is 9.50. The van der Waals surface area contributed by atoms with Crippen LogP contribution in [0.3, 0.4) is 0 Å². The van der Waals surface area contributed by atoms with Gasteiger partial charge in [-0.15, -0.1) is 0 Å². The van der Waals surface area contributed by atoms with Crippen molar-refractivity contribution in [3.63, 3.8) is 0 Å². The van der Waals surface area contributed by atoms with E-state index in [4.69, 9.17) is 4.42 Å². The second-order valence-corrected chi connectivity index (χ2v) is 7.25. The Balaban J connectivity index is 1.48. The summed E-state index contributed by atoms with van der Waals surface area (Å²) in [6, 6.07) is 10.8. The molecule has 1 aromatic carbocycles. The quantitative estimate of drug-likeness (QED) is 0.811. The molecule has 0 radical (unpaired) electrons. The van der Waals surface area contributed by atoms with Crippen LogP contribution in [0.25, 0.3) is 0 Å². The monoisotopic (exact) mass is 381 g/mol. The Morgan fingerprint density at radius 2 is 1.89 bits per heavy atom. The molecule has 0 aliphatic carbocycles. The summed E-state index contributed by atoms with van der Waals surface area (Å²) in [4.78, 5) is 43.5. The molecule has 4 rings (SSSR count). The number of furan rings is 1. The number of hydrogen-bond donors (Lipinski definition) is 0. The van der Waals surface area contributed by atoms with E-state index < -0.39 is 6.04 Å². The zero-order valence-corrected chi connectivity index (χ0v) is 15.8. The maximum absolute atomic E-state index is 13.0. The zero-order valence-electron chi connectivity index (χ0n) is 15.8. The van der Waals surface area contributed by atoms with Gasteiger partial charge in [-0.2, -0.15) is 0 Å². The van der Waals surface area contributed by atoms with E-state index in [1.165, 1.54) is 6.26 Å². The molecule has 2 saturated heterocycles. The second kappa shape index (κ2) is 7.50. The molecule has 2 fully saturated rings. The molecule has 1 unspecified atom stereocenters. The van der Waals surface area contributed by atoms with E-state index in [0.29, 0.717) is 43.9 Å². The third-order valence-electron chi connectivity index (χ3n) is 5.50. The normalized spacial score (nSPS) is 20.2. The molecule has 3 amide bonds. The van der Waals surface area contributed by atoms with Crippen LogP contribution >= 0.6 is 0 Å². The van der Waals surface area contributed by atoms with Gasteiger partial charge in [0.1, 0.15) is 18.3 Å². The average molecular weight is 381 g/mol. The highest BCUT2D eigenvalue weighted by molar-refractivity contribution is 5.96. The van der Waals surface area contributed by atoms with Gasteiger partial charge in [0, 0.05) is 26.2 Å². The molecular weight excluding hydrogens is 358 g/mol. The predicted octanol–water partition coefficient (Wildman–Crippen LogP) is 1.67. The van der Waals surface area contributed by atoms with E-state index in [2.05, 4.69) is 0 Å². The zero-order chi connectivity index (χ0) is 19.7. The molecule has 0 spiro atoms. The number of aryl methyl sites for hydroxylation is 1. The molecule has 7 heteroatoms. The van der Waals surface area contributed by atoms with Crippen molar-refractivity contribution >= 4 is 17.7 Å². The van der Waals surface area contributed by atoms with Crippen molar-refractivity contribution in [1.29, 1.82) is 0 Å². The van der Waals surface area contributed by atoms with E-state index in [9.17, 15) is 14.4 Å². The molecule has 0 bridgehead atoms. The minimum Gasteiger partial charge on any atom is -0.469 e. The fourth-order valence-corrected chi connectivity index (χ4v) is 3.95. The van der Waals surface area contributed by atoms with E-state index in [1.807, 2.05) is 30.3 Å². The Labute approximate surface area is 163 Å². The lowest BCUT2D eigenvalue weighted by Gasteiger charge is -2.39. The number of benzene rings is 1.